The summed E-state index contributed by atoms with van der Waals surface area (Å²) in [4.78, 5) is 27.1. The molecule has 1 aliphatic rings. The lowest BCUT2D eigenvalue weighted by Crippen LogP contribution is -2.47. The molecule has 1 aromatic carbocycles. The van der Waals surface area contributed by atoms with Crippen LogP contribution in [0.4, 0.5) is 0 Å². The summed E-state index contributed by atoms with van der Waals surface area (Å²) in [5, 5.41) is 3.97. The maximum Gasteiger partial charge on any atom is 0.252 e. The Morgan fingerprint density at radius 2 is 1.88 bits per heavy atom. The molecule has 0 bridgehead atoms. The van der Waals surface area contributed by atoms with Gasteiger partial charge in [0.15, 0.2) is 0 Å². The number of aromatic nitrogens is 2. The van der Waals surface area contributed by atoms with E-state index in [1.54, 1.807) is 12.4 Å². The molecule has 168 valence electrons. The first kappa shape index (κ1) is 22.8. The van der Waals surface area contributed by atoms with Crippen molar-refractivity contribution in [3.05, 3.63) is 58.8 Å². The van der Waals surface area contributed by atoms with Crippen LogP contribution in [0.2, 0.25) is 0 Å². The Bertz CT molecular complexity index is 1050. The van der Waals surface area contributed by atoms with Crippen LogP contribution in [0, 0.1) is 0 Å². The first-order valence-corrected chi connectivity index (χ1v) is 12.2. The molecule has 1 fully saturated rings. The minimum absolute atomic E-state index is 0.0617. The Morgan fingerprint density at radius 3 is 2.59 bits per heavy atom. The minimum Gasteiger partial charge on any atom is -0.352 e. The average Bonchev–Trinajstić information content (AvgIpc) is 2.83. The van der Waals surface area contributed by atoms with Crippen molar-refractivity contribution in [1.82, 2.24) is 25.1 Å². The summed E-state index contributed by atoms with van der Waals surface area (Å²) in [6, 6.07) is 11.6. The molecule has 1 N–H and O–H groups in total. The molecule has 3 heterocycles. The van der Waals surface area contributed by atoms with Crippen LogP contribution in [-0.4, -0.2) is 71.5 Å². The van der Waals surface area contributed by atoms with Gasteiger partial charge in [-0.2, -0.15) is 0 Å². The van der Waals surface area contributed by atoms with E-state index in [2.05, 4.69) is 43.0 Å². The summed E-state index contributed by atoms with van der Waals surface area (Å²) in [5.41, 5.74) is 3.09. The number of carbonyl (C=O) groups is 1. The molecule has 0 radical (unpaired) electrons. The summed E-state index contributed by atoms with van der Waals surface area (Å²) in [6.45, 7) is 9.64. The number of piperazine rings is 1. The van der Waals surface area contributed by atoms with E-state index in [0.717, 1.165) is 65.8 Å². The van der Waals surface area contributed by atoms with Gasteiger partial charge >= 0.3 is 0 Å². The number of pyridine rings is 2. The quantitative estimate of drug-likeness (QED) is 0.474. The predicted molar refractivity (Wildman–Crippen MR) is 133 cm³/mol. The highest BCUT2D eigenvalue weighted by Crippen LogP contribution is 2.27. The van der Waals surface area contributed by atoms with Gasteiger partial charge < -0.3 is 15.1 Å². The number of fused-ring (bicyclic) bond motifs is 1. The number of benzene rings is 1. The second-order valence-corrected chi connectivity index (χ2v) is 9.17. The fraction of sp³-hybridized carbons (Fsp3) is 0.400. The molecule has 0 saturated carbocycles. The molecule has 4 rings (SSSR count). The van der Waals surface area contributed by atoms with Gasteiger partial charge in [0.1, 0.15) is 0 Å². The molecule has 1 amide bonds. The third kappa shape index (κ3) is 5.71. The highest BCUT2D eigenvalue weighted by molar-refractivity contribution is 9.10. The van der Waals surface area contributed by atoms with Crippen LogP contribution in [0.3, 0.4) is 0 Å². The van der Waals surface area contributed by atoms with Crippen LogP contribution in [0.5, 0.6) is 0 Å². The molecule has 0 unspecified atom stereocenters. The van der Waals surface area contributed by atoms with Gasteiger partial charge in [-0.3, -0.25) is 9.78 Å². The number of amides is 1. The average molecular weight is 496 g/mol. The fourth-order valence-electron chi connectivity index (χ4n) is 4.20. The van der Waals surface area contributed by atoms with Gasteiger partial charge in [-0.05, 0) is 62.3 Å². The van der Waals surface area contributed by atoms with E-state index < -0.39 is 0 Å². The Hall–Kier alpha value is -2.35. The van der Waals surface area contributed by atoms with Crippen molar-refractivity contribution in [2.75, 3.05) is 45.8 Å². The van der Waals surface area contributed by atoms with E-state index >= 15 is 0 Å². The van der Waals surface area contributed by atoms with Gasteiger partial charge in [0.2, 0.25) is 0 Å². The van der Waals surface area contributed by atoms with Gasteiger partial charge in [-0.25, -0.2) is 4.98 Å². The zero-order chi connectivity index (χ0) is 22.3. The number of hydrogen-bond donors (Lipinski definition) is 1. The molecule has 1 aliphatic heterocycles. The predicted octanol–water partition coefficient (Wildman–Crippen LogP) is 4.21. The summed E-state index contributed by atoms with van der Waals surface area (Å²) in [7, 11) is 0. The molecular weight excluding hydrogens is 466 g/mol. The van der Waals surface area contributed by atoms with Crippen LogP contribution in [0.15, 0.2) is 53.3 Å². The number of carbonyl (C=O) groups excluding carboxylic acids is 1. The standard InChI is InChI=1S/C25H30BrN5O/c1-2-10-30-12-14-31(15-13-30)11-4-9-28-25(32)22-17-24(19-5-3-8-27-18-19)29-23-7-6-20(26)16-21(22)23/h3,5-8,16-18H,2,4,9-15H2,1H3,(H,28,32). The largest absolute Gasteiger partial charge is 0.352 e. The maximum atomic E-state index is 13.1. The van der Waals surface area contributed by atoms with Gasteiger partial charge in [0, 0.05) is 60.5 Å². The molecule has 1 saturated heterocycles. The molecular formula is C25H30BrN5O. The van der Waals surface area contributed by atoms with E-state index in [1.807, 2.05) is 36.4 Å². The molecule has 0 atom stereocenters. The molecule has 6 nitrogen and oxygen atoms in total. The minimum atomic E-state index is -0.0617. The van der Waals surface area contributed by atoms with Crippen molar-refractivity contribution >= 4 is 32.7 Å². The van der Waals surface area contributed by atoms with E-state index in [4.69, 9.17) is 4.98 Å². The van der Waals surface area contributed by atoms with Crippen LogP contribution >= 0.6 is 15.9 Å². The van der Waals surface area contributed by atoms with Crippen LogP contribution in [0.1, 0.15) is 30.1 Å². The Balaban J connectivity index is 1.41. The lowest BCUT2D eigenvalue weighted by atomic mass is 10.0. The number of nitrogens with zero attached hydrogens (tertiary/aromatic N) is 4. The Labute approximate surface area is 198 Å². The second-order valence-electron chi connectivity index (χ2n) is 8.25. The molecule has 32 heavy (non-hydrogen) atoms. The summed E-state index contributed by atoms with van der Waals surface area (Å²) >= 11 is 3.52. The first-order valence-electron chi connectivity index (χ1n) is 11.4. The van der Waals surface area contributed by atoms with E-state index in [0.29, 0.717) is 12.1 Å². The molecule has 2 aromatic heterocycles. The zero-order valence-corrected chi connectivity index (χ0v) is 20.1. The van der Waals surface area contributed by atoms with Crippen molar-refractivity contribution in [2.24, 2.45) is 0 Å². The van der Waals surface area contributed by atoms with Gasteiger partial charge in [-0.1, -0.05) is 22.9 Å². The van der Waals surface area contributed by atoms with Crippen molar-refractivity contribution in [2.45, 2.75) is 19.8 Å². The fourth-order valence-corrected chi connectivity index (χ4v) is 4.56. The van der Waals surface area contributed by atoms with Crippen LogP contribution in [-0.2, 0) is 0 Å². The van der Waals surface area contributed by atoms with Gasteiger partial charge in [0.25, 0.3) is 5.91 Å². The highest BCUT2D eigenvalue weighted by Gasteiger charge is 2.17. The van der Waals surface area contributed by atoms with Gasteiger partial charge in [-0.15, -0.1) is 0 Å². The van der Waals surface area contributed by atoms with E-state index in [9.17, 15) is 4.79 Å². The molecule has 3 aromatic rings. The highest BCUT2D eigenvalue weighted by atomic mass is 79.9. The van der Waals surface area contributed by atoms with Crippen molar-refractivity contribution in [1.29, 1.82) is 0 Å². The van der Waals surface area contributed by atoms with Crippen molar-refractivity contribution in [3.8, 4) is 11.3 Å². The summed E-state index contributed by atoms with van der Waals surface area (Å²) in [6.07, 6.45) is 5.67. The SMILES string of the molecule is CCCN1CCN(CCCNC(=O)c2cc(-c3cccnc3)nc3ccc(Br)cc23)CC1. The molecule has 0 spiro atoms. The Morgan fingerprint density at radius 1 is 1.09 bits per heavy atom. The zero-order valence-electron chi connectivity index (χ0n) is 18.6. The number of nitrogens with one attached hydrogen (secondary N) is 1. The summed E-state index contributed by atoms with van der Waals surface area (Å²) in [5.74, 6) is -0.0617. The van der Waals surface area contributed by atoms with E-state index in [-0.39, 0.29) is 5.91 Å². The monoisotopic (exact) mass is 495 g/mol. The number of halogens is 1. The third-order valence-corrected chi connectivity index (χ3v) is 6.41. The number of hydrogen-bond acceptors (Lipinski definition) is 5. The second kappa shape index (κ2) is 11.0. The lowest BCUT2D eigenvalue weighted by Gasteiger charge is -2.34. The third-order valence-electron chi connectivity index (χ3n) is 5.91. The van der Waals surface area contributed by atoms with Crippen LogP contribution in [0.25, 0.3) is 22.2 Å². The maximum absolute atomic E-state index is 13.1. The van der Waals surface area contributed by atoms with Crippen molar-refractivity contribution < 1.29 is 4.79 Å². The first-order chi connectivity index (χ1) is 15.6. The molecule has 0 aliphatic carbocycles. The lowest BCUT2D eigenvalue weighted by molar-refractivity contribution is 0.0949. The number of rotatable bonds is 8. The summed E-state index contributed by atoms with van der Waals surface area (Å²) < 4.78 is 0.928. The van der Waals surface area contributed by atoms with Gasteiger partial charge in [0.05, 0.1) is 16.8 Å². The van der Waals surface area contributed by atoms with Crippen molar-refractivity contribution in [3.63, 3.8) is 0 Å². The van der Waals surface area contributed by atoms with Crippen LogP contribution < -0.4 is 5.32 Å². The molecule has 7 heteroatoms. The Kier molecular flexibility index (Phi) is 7.84. The normalized spacial score (nSPS) is 15.2. The smallest absolute Gasteiger partial charge is 0.252 e. The van der Waals surface area contributed by atoms with E-state index in [1.165, 1.54) is 13.0 Å². The topological polar surface area (TPSA) is 61.4 Å².